The Bertz CT molecular complexity index is 748. The molecule has 3 aromatic rings. The second-order valence-electron chi connectivity index (χ2n) is 6.65. The maximum atomic E-state index is 11.4. The van der Waals surface area contributed by atoms with Crippen molar-refractivity contribution in [2.45, 2.75) is 25.0 Å². The summed E-state index contributed by atoms with van der Waals surface area (Å²) < 4.78 is 6.45. The summed E-state index contributed by atoms with van der Waals surface area (Å²) in [5, 5.41) is 10.3. The van der Waals surface area contributed by atoms with E-state index in [1.54, 1.807) is 0 Å². The van der Waals surface area contributed by atoms with Crippen LogP contribution in [0.3, 0.4) is 0 Å². The first kappa shape index (κ1) is 19.0. The van der Waals surface area contributed by atoms with Crippen LogP contribution in [0.25, 0.3) is 0 Å². The minimum absolute atomic E-state index is 0.0538. The smallest absolute Gasteiger partial charge is 0.143 e. The molecule has 0 aliphatic carbocycles. The van der Waals surface area contributed by atoms with Crippen LogP contribution in [-0.4, -0.2) is 23.6 Å². The molecule has 0 heterocycles. The van der Waals surface area contributed by atoms with Crippen molar-refractivity contribution in [3.05, 3.63) is 108 Å². The van der Waals surface area contributed by atoms with Crippen LogP contribution in [0, 0.1) is 0 Å². The zero-order valence-electron chi connectivity index (χ0n) is 15.4. The van der Waals surface area contributed by atoms with Gasteiger partial charge in [0.15, 0.2) is 0 Å². The van der Waals surface area contributed by atoms with Gasteiger partial charge in [-0.2, -0.15) is 0 Å². The maximum absolute atomic E-state index is 11.4. The van der Waals surface area contributed by atoms with E-state index in [-0.39, 0.29) is 18.8 Å². The third-order valence-corrected chi connectivity index (χ3v) is 4.56. The van der Waals surface area contributed by atoms with Crippen LogP contribution in [0.15, 0.2) is 91.0 Å². The van der Waals surface area contributed by atoms with Crippen molar-refractivity contribution in [2.24, 2.45) is 0 Å². The van der Waals surface area contributed by atoms with Gasteiger partial charge in [0.1, 0.15) is 11.4 Å². The highest BCUT2D eigenvalue weighted by Gasteiger charge is 2.38. The number of ether oxygens (including phenoxy) is 1. The summed E-state index contributed by atoms with van der Waals surface area (Å²) >= 11 is 0. The average Bonchev–Trinajstić information content (AvgIpc) is 2.70. The van der Waals surface area contributed by atoms with E-state index in [1.807, 2.05) is 91.0 Å². The van der Waals surface area contributed by atoms with Crippen LogP contribution in [0.5, 0.6) is 0 Å². The summed E-state index contributed by atoms with van der Waals surface area (Å²) in [6.45, 7) is 1.53. The number of benzene rings is 3. The molecule has 0 spiro atoms. The number of ketones is 1. The number of hydrogen-bond acceptors (Lipinski definition) is 3. The molecule has 0 radical (unpaired) electrons. The van der Waals surface area contributed by atoms with Crippen LogP contribution in [0.4, 0.5) is 0 Å². The van der Waals surface area contributed by atoms with E-state index in [0.29, 0.717) is 0 Å². The second-order valence-corrected chi connectivity index (χ2v) is 6.65. The number of Topliss-reactive ketones (excluding diaryl/α,β-unsaturated/α-hetero) is 1. The Kier molecular flexibility index (Phi) is 6.17. The van der Waals surface area contributed by atoms with Crippen molar-refractivity contribution >= 4 is 5.78 Å². The van der Waals surface area contributed by atoms with E-state index < -0.39 is 11.7 Å². The molecular weight excluding hydrogens is 336 g/mol. The number of hydrogen-bond donors (Lipinski definition) is 1. The minimum Gasteiger partial charge on any atom is -0.390 e. The third kappa shape index (κ3) is 4.33. The molecule has 0 amide bonds. The van der Waals surface area contributed by atoms with E-state index in [4.69, 9.17) is 4.74 Å². The predicted molar refractivity (Wildman–Crippen MR) is 106 cm³/mol. The molecule has 3 heteroatoms. The fourth-order valence-corrected chi connectivity index (χ4v) is 3.38. The van der Waals surface area contributed by atoms with Crippen molar-refractivity contribution < 1.29 is 14.6 Å². The molecule has 0 bridgehead atoms. The highest BCUT2D eigenvalue weighted by atomic mass is 16.5. The molecule has 0 aliphatic heterocycles. The molecule has 138 valence electrons. The van der Waals surface area contributed by atoms with Gasteiger partial charge in [-0.15, -0.1) is 0 Å². The molecule has 27 heavy (non-hydrogen) atoms. The first-order chi connectivity index (χ1) is 13.1. The van der Waals surface area contributed by atoms with Crippen molar-refractivity contribution in [1.82, 2.24) is 0 Å². The minimum atomic E-state index is -0.873. The van der Waals surface area contributed by atoms with Gasteiger partial charge >= 0.3 is 0 Å². The molecule has 0 saturated heterocycles. The van der Waals surface area contributed by atoms with Gasteiger partial charge in [-0.3, -0.25) is 4.79 Å². The third-order valence-electron chi connectivity index (χ3n) is 4.56. The number of carbonyl (C=O) groups is 1. The zero-order chi connectivity index (χ0) is 19.1. The van der Waals surface area contributed by atoms with E-state index in [1.165, 1.54) is 6.92 Å². The van der Waals surface area contributed by atoms with Crippen molar-refractivity contribution in [3.63, 3.8) is 0 Å². The molecule has 0 aliphatic rings. The van der Waals surface area contributed by atoms with Crippen molar-refractivity contribution in [1.29, 1.82) is 0 Å². The SMILES string of the molecule is CC(=O)C[C@H](O)COC(c1ccccc1)(c1ccccc1)c1ccccc1. The molecular formula is C24H24O3. The lowest BCUT2D eigenvalue weighted by atomic mass is 9.80. The monoisotopic (exact) mass is 360 g/mol. The molecule has 0 fully saturated rings. The molecule has 0 unspecified atom stereocenters. The molecule has 3 rings (SSSR count). The van der Waals surface area contributed by atoms with Crippen molar-refractivity contribution in [3.8, 4) is 0 Å². The largest absolute Gasteiger partial charge is 0.390 e. The molecule has 1 N–H and O–H groups in total. The van der Waals surface area contributed by atoms with Crippen LogP contribution in [0.1, 0.15) is 30.0 Å². The molecule has 0 saturated carbocycles. The predicted octanol–water partition coefficient (Wildman–Crippen LogP) is 4.34. The van der Waals surface area contributed by atoms with E-state index in [9.17, 15) is 9.90 Å². The lowest BCUT2D eigenvalue weighted by Crippen LogP contribution is -2.36. The summed E-state index contributed by atoms with van der Waals surface area (Å²) in [7, 11) is 0. The quantitative estimate of drug-likeness (QED) is 0.608. The summed E-state index contributed by atoms with van der Waals surface area (Å²) in [5.74, 6) is -0.0594. The Balaban J connectivity index is 2.12. The van der Waals surface area contributed by atoms with Gasteiger partial charge in [0.25, 0.3) is 0 Å². The highest BCUT2D eigenvalue weighted by molar-refractivity contribution is 5.75. The maximum Gasteiger partial charge on any atom is 0.143 e. The number of aliphatic hydroxyl groups is 1. The van der Waals surface area contributed by atoms with Crippen molar-refractivity contribution in [2.75, 3.05) is 6.61 Å². The van der Waals surface area contributed by atoms with Gasteiger partial charge in [-0.25, -0.2) is 0 Å². The van der Waals surface area contributed by atoms with Gasteiger partial charge < -0.3 is 9.84 Å². The van der Waals surface area contributed by atoms with Crippen LogP contribution in [0.2, 0.25) is 0 Å². The van der Waals surface area contributed by atoms with Gasteiger partial charge in [0.05, 0.1) is 12.7 Å². The average molecular weight is 360 g/mol. The summed E-state index contributed by atoms with van der Waals surface area (Å²) in [6, 6.07) is 29.9. The summed E-state index contributed by atoms with van der Waals surface area (Å²) in [6.07, 6.45) is -0.771. The van der Waals surface area contributed by atoms with Gasteiger partial charge in [-0.1, -0.05) is 91.0 Å². The van der Waals surface area contributed by atoms with Crippen LogP contribution < -0.4 is 0 Å². The van der Waals surface area contributed by atoms with Gasteiger partial charge in [0, 0.05) is 6.42 Å². The second kappa shape index (κ2) is 8.76. The fraction of sp³-hybridized carbons (Fsp3) is 0.208. The zero-order valence-corrected chi connectivity index (χ0v) is 15.4. The Morgan fingerprint density at radius 1 is 0.815 bits per heavy atom. The molecule has 3 nitrogen and oxygen atoms in total. The molecule has 0 aromatic heterocycles. The van der Waals surface area contributed by atoms with E-state index in [2.05, 4.69) is 0 Å². The Labute approximate surface area is 160 Å². The van der Waals surface area contributed by atoms with Gasteiger partial charge in [0.2, 0.25) is 0 Å². The van der Waals surface area contributed by atoms with E-state index >= 15 is 0 Å². The van der Waals surface area contributed by atoms with Gasteiger partial charge in [-0.05, 0) is 23.6 Å². The topological polar surface area (TPSA) is 46.5 Å². The Hall–Kier alpha value is -2.75. The first-order valence-corrected chi connectivity index (χ1v) is 9.11. The Morgan fingerprint density at radius 2 is 1.19 bits per heavy atom. The first-order valence-electron chi connectivity index (χ1n) is 9.11. The van der Waals surface area contributed by atoms with Crippen LogP contribution in [-0.2, 0) is 15.1 Å². The summed E-state index contributed by atoms with van der Waals surface area (Å²) in [5.41, 5.74) is 2.04. The standard InChI is InChI=1S/C24H24O3/c1-19(25)17-23(26)18-27-24(20-11-5-2-6-12-20,21-13-7-3-8-14-21)22-15-9-4-10-16-22/h2-16,23,26H,17-18H2,1H3/t23-/m0/s1. The summed E-state index contributed by atoms with van der Waals surface area (Å²) in [4.78, 5) is 11.4. The molecule has 1 atom stereocenters. The Morgan fingerprint density at radius 3 is 1.52 bits per heavy atom. The lowest BCUT2D eigenvalue weighted by molar-refractivity contribution is -0.120. The normalized spacial score (nSPS) is 12.5. The van der Waals surface area contributed by atoms with E-state index in [0.717, 1.165) is 16.7 Å². The van der Waals surface area contributed by atoms with Crippen LogP contribution >= 0.6 is 0 Å². The lowest BCUT2D eigenvalue weighted by Gasteiger charge is -2.36. The number of rotatable bonds is 8. The highest BCUT2D eigenvalue weighted by Crippen LogP contribution is 2.40. The number of aliphatic hydroxyl groups excluding tert-OH is 1. The fourth-order valence-electron chi connectivity index (χ4n) is 3.38. The molecule has 3 aromatic carbocycles. The number of carbonyl (C=O) groups excluding carboxylic acids is 1.